The minimum atomic E-state index is -4.47. The van der Waals surface area contributed by atoms with E-state index in [1.165, 1.54) is 10.7 Å². The number of halogens is 3. The van der Waals surface area contributed by atoms with Crippen LogP contribution < -0.4 is 4.72 Å². The lowest BCUT2D eigenvalue weighted by molar-refractivity contribution is -0.137. The Bertz CT molecular complexity index is 974. The van der Waals surface area contributed by atoms with Crippen molar-refractivity contribution in [3.63, 3.8) is 0 Å². The molecule has 0 atom stereocenters. The van der Waals surface area contributed by atoms with Gasteiger partial charge in [-0.3, -0.25) is 4.68 Å². The number of hydrogen-bond acceptors (Lipinski definition) is 5. The number of aromatic amines is 1. The predicted octanol–water partition coefficient (Wildman–Crippen LogP) is 2.40. The Labute approximate surface area is 159 Å². The Hall–Kier alpha value is -2.34. The lowest BCUT2D eigenvalue weighted by Crippen LogP contribution is -2.45. The van der Waals surface area contributed by atoms with Gasteiger partial charge in [-0.25, -0.2) is 17.9 Å². The first-order valence-electron chi connectivity index (χ1n) is 8.51. The third kappa shape index (κ3) is 4.07. The van der Waals surface area contributed by atoms with E-state index in [9.17, 15) is 26.4 Å². The van der Waals surface area contributed by atoms with Gasteiger partial charge < -0.3 is 9.72 Å². The summed E-state index contributed by atoms with van der Waals surface area (Å²) in [6.07, 6.45) is -2.19. The van der Waals surface area contributed by atoms with Crippen LogP contribution in [0.15, 0.2) is 23.5 Å². The van der Waals surface area contributed by atoms with Crippen molar-refractivity contribution >= 4 is 16.0 Å². The molecule has 2 heterocycles. The number of aromatic nitrogens is 3. The number of carbonyl (C=O) groups is 1. The highest BCUT2D eigenvalue weighted by Crippen LogP contribution is 2.35. The van der Waals surface area contributed by atoms with Gasteiger partial charge in [-0.15, -0.1) is 0 Å². The lowest BCUT2D eigenvalue weighted by Gasteiger charge is -2.35. The molecule has 0 aromatic carbocycles. The zero-order chi connectivity index (χ0) is 20.7. The molecule has 0 bridgehead atoms. The number of alkyl halides is 3. The van der Waals surface area contributed by atoms with Crippen LogP contribution in [-0.2, 0) is 20.9 Å². The fourth-order valence-corrected chi connectivity index (χ4v) is 4.28. The summed E-state index contributed by atoms with van der Waals surface area (Å²) >= 11 is 0. The molecule has 28 heavy (non-hydrogen) atoms. The number of aryl methyl sites for hydroxylation is 1. The number of nitrogens with zero attached hydrogens (tertiary/aromatic N) is 2. The molecule has 0 aliphatic heterocycles. The van der Waals surface area contributed by atoms with Crippen molar-refractivity contribution in [2.45, 2.75) is 50.0 Å². The van der Waals surface area contributed by atoms with E-state index in [4.69, 9.17) is 4.74 Å². The zero-order valence-corrected chi connectivity index (χ0v) is 15.9. The van der Waals surface area contributed by atoms with E-state index in [2.05, 4.69) is 14.8 Å². The predicted molar refractivity (Wildman–Crippen MR) is 91.1 cm³/mol. The zero-order valence-electron chi connectivity index (χ0n) is 15.1. The molecule has 8 nitrogen and oxygen atoms in total. The summed E-state index contributed by atoms with van der Waals surface area (Å²) < 4.78 is 71.4. The van der Waals surface area contributed by atoms with Crippen LogP contribution in [0.1, 0.15) is 47.4 Å². The number of hydrogen-bond donors (Lipinski definition) is 2. The number of ether oxygens (including phenoxy) is 1. The minimum Gasteiger partial charge on any atom is -0.462 e. The molecule has 0 amide bonds. The highest BCUT2D eigenvalue weighted by atomic mass is 32.2. The maximum atomic E-state index is 12.6. The van der Waals surface area contributed by atoms with E-state index in [1.54, 1.807) is 13.8 Å². The molecule has 12 heteroatoms. The molecule has 2 aromatic rings. The molecule has 1 fully saturated rings. The van der Waals surface area contributed by atoms with Crippen LogP contribution in [0.25, 0.3) is 0 Å². The summed E-state index contributed by atoms with van der Waals surface area (Å²) in [6.45, 7) is 3.36. The normalized spacial score (nSPS) is 20.0. The van der Waals surface area contributed by atoms with Crippen LogP contribution in [0.2, 0.25) is 0 Å². The highest BCUT2D eigenvalue weighted by molar-refractivity contribution is 7.89. The number of sulfonamides is 1. The van der Waals surface area contributed by atoms with E-state index < -0.39 is 33.8 Å². The Morgan fingerprint density at radius 2 is 2.11 bits per heavy atom. The molecule has 3 rings (SSSR count). The quantitative estimate of drug-likeness (QED) is 0.698. The van der Waals surface area contributed by atoms with Gasteiger partial charge in [-0.2, -0.15) is 18.3 Å². The average molecular weight is 420 g/mol. The van der Waals surface area contributed by atoms with E-state index in [-0.39, 0.29) is 23.2 Å². The number of rotatable bonds is 6. The third-order valence-electron chi connectivity index (χ3n) is 4.51. The maximum absolute atomic E-state index is 12.6. The molecule has 1 saturated carbocycles. The van der Waals surface area contributed by atoms with Crippen LogP contribution in [0.4, 0.5) is 13.2 Å². The Morgan fingerprint density at radius 3 is 2.68 bits per heavy atom. The van der Waals surface area contributed by atoms with Crippen molar-refractivity contribution in [3.8, 4) is 0 Å². The van der Waals surface area contributed by atoms with Crippen molar-refractivity contribution < 1.29 is 31.1 Å². The Balaban J connectivity index is 1.63. The second-order valence-corrected chi connectivity index (χ2v) is 8.23. The van der Waals surface area contributed by atoms with E-state index in [0.29, 0.717) is 18.5 Å². The lowest BCUT2D eigenvalue weighted by atomic mass is 9.88. The summed E-state index contributed by atoms with van der Waals surface area (Å²) in [5.74, 6) is -0.624. The van der Waals surface area contributed by atoms with Gasteiger partial charge in [-0.05, 0) is 32.8 Å². The van der Waals surface area contributed by atoms with Crippen molar-refractivity contribution in [3.05, 3.63) is 35.3 Å². The van der Waals surface area contributed by atoms with Gasteiger partial charge in [0.2, 0.25) is 0 Å². The second kappa shape index (κ2) is 7.24. The fraction of sp³-hybridized carbons (Fsp3) is 0.500. The molecule has 0 spiro atoms. The number of nitrogens with one attached hydrogen (secondary N) is 2. The molecular weight excluding hydrogens is 401 g/mol. The summed E-state index contributed by atoms with van der Waals surface area (Å²) in [7, 11) is -3.92. The molecule has 154 valence electrons. The molecule has 2 N–H and O–H groups in total. The van der Waals surface area contributed by atoms with E-state index >= 15 is 0 Å². The summed E-state index contributed by atoms with van der Waals surface area (Å²) in [4.78, 5) is 14.5. The summed E-state index contributed by atoms with van der Waals surface area (Å²) in [6, 6.07) is 0.446. The van der Waals surface area contributed by atoms with E-state index in [0.717, 1.165) is 12.4 Å². The molecule has 0 radical (unpaired) electrons. The van der Waals surface area contributed by atoms with Gasteiger partial charge in [0.05, 0.1) is 30.0 Å². The first kappa shape index (κ1) is 20.4. The molecule has 1 aliphatic carbocycles. The first-order chi connectivity index (χ1) is 13.0. The topological polar surface area (TPSA) is 106 Å². The van der Waals surface area contributed by atoms with Gasteiger partial charge in [0.1, 0.15) is 5.03 Å². The van der Waals surface area contributed by atoms with Gasteiger partial charge in [-0.1, -0.05) is 0 Å². The van der Waals surface area contributed by atoms with Crippen molar-refractivity contribution in [2.75, 3.05) is 6.61 Å². The number of H-pyrrole nitrogens is 1. The third-order valence-corrected chi connectivity index (χ3v) is 5.96. The maximum Gasteiger partial charge on any atom is 0.419 e. The van der Waals surface area contributed by atoms with Gasteiger partial charge in [0.25, 0.3) is 10.0 Å². The minimum absolute atomic E-state index is 0.130. The van der Waals surface area contributed by atoms with E-state index in [1.807, 2.05) is 0 Å². The van der Waals surface area contributed by atoms with Gasteiger partial charge in [0.15, 0.2) is 0 Å². The SMILES string of the molecule is CCOC(=O)c1cc(S(=O)(=O)NC2CC(n3cc(C(F)(F)F)cn3)C2)[nH]c1C. The fourth-order valence-electron chi connectivity index (χ4n) is 2.96. The second-order valence-electron chi connectivity index (χ2n) is 6.54. The first-order valence-corrected chi connectivity index (χ1v) is 10.00. The highest BCUT2D eigenvalue weighted by Gasteiger charge is 2.37. The van der Waals surface area contributed by atoms with Crippen LogP contribution in [0.3, 0.4) is 0 Å². The van der Waals surface area contributed by atoms with Crippen molar-refractivity contribution in [2.24, 2.45) is 0 Å². The monoisotopic (exact) mass is 420 g/mol. The van der Waals surface area contributed by atoms with Gasteiger partial charge in [0, 0.05) is 17.9 Å². The van der Waals surface area contributed by atoms with Crippen molar-refractivity contribution in [1.29, 1.82) is 0 Å². The largest absolute Gasteiger partial charge is 0.462 e. The number of esters is 1. The average Bonchev–Trinajstić information content (AvgIpc) is 3.17. The van der Waals surface area contributed by atoms with Crippen LogP contribution >= 0.6 is 0 Å². The number of carbonyl (C=O) groups excluding carboxylic acids is 1. The summed E-state index contributed by atoms with van der Waals surface area (Å²) in [5, 5.41) is 3.54. The van der Waals surface area contributed by atoms with Crippen LogP contribution in [-0.4, -0.2) is 41.8 Å². The van der Waals surface area contributed by atoms with Crippen molar-refractivity contribution in [1.82, 2.24) is 19.5 Å². The standard InChI is InChI=1S/C16H19F3N4O4S/c1-3-27-15(24)13-6-14(21-9(13)2)28(25,26)22-11-4-12(5-11)23-8-10(7-20-23)16(17,18)19/h6-8,11-12,21-22H,3-5H2,1-2H3. The molecule has 0 unspecified atom stereocenters. The molecule has 2 aromatic heterocycles. The molecule has 0 saturated heterocycles. The molecular formula is C16H19F3N4O4S. The summed E-state index contributed by atoms with van der Waals surface area (Å²) in [5.41, 5.74) is -0.351. The van der Waals surface area contributed by atoms with Gasteiger partial charge >= 0.3 is 12.1 Å². The van der Waals surface area contributed by atoms with Crippen LogP contribution in [0.5, 0.6) is 0 Å². The molecule has 1 aliphatic rings. The van der Waals surface area contributed by atoms with Crippen LogP contribution in [0, 0.1) is 6.92 Å². The Morgan fingerprint density at radius 1 is 1.43 bits per heavy atom. The Kier molecular flexibility index (Phi) is 5.28. The smallest absolute Gasteiger partial charge is 0.419 e.